The fourth-order valence-electron chi connectivity index (χ4n) is 6.47. The highest BCUT2D eigenvalue weighted by molar-refractivity contribution is 7.80. The van der Waals surface area contributed by atoms with Crippen LogP contribution in [0.5, 0.6) is 0 Å². The minimum Gasteiger partial charge on any atom is -0.370 e. The number of halogens is 1. The molecule has 0 radical (unpaired) electrons. The maximum absolute atomic E-state index is 6.99. The Morgan fingerprint density at radius 2 is 1.71 bits per heavy atom. The lowest BCUT2D eigenvalue weighted by molar-refractivity contribution is 0.438. The molecule has 5 nitrogen and oxygen atoms in total. The molecule has 41 heavy (non-hydrogen) atoms. The van der Waals surface area contributed by atoms with Gasteiger partial charge in [0.15, 0.2) is 5.11 Å². The third-order valence-electron chi connectivity index (χ3n) is 8.82. The van der Waals surface area contributed by atoms with E-state index in [0.29, 0.717) is 5.11 Å². The number of nitrogens with one attached hydrogen (secondary N) is 1. The summed E-state index contributed by atoms with van der Waals surface area (Å²) in [4.78, 5) is 9.39. The van der Waals surface area contributed by atoms with E-state index in [2.05, 4.69) is 102 Å². The van der Waals surface area contributed by atoms with Gasteiger partial charge in [0.2, 0.25) is 0 Å². The predicted octanol–water partition coefficient (Wildman–Crippen LogP) is 8.12. The van der Waals surface area contributed by atoms with Gasteiger partial charge in [-0.3, -0.25) is 4.98 Å². The maximum Gasteiger partial charge on any atom is 0.174 e. The van der Waals surface area contributed by atoms with Crippen LogP contribution in [0.15, 0.2) is 72.9 Å². The SMILES string of the molecule is CCc1ccc(-n2c(C)cc(C3C(c4ccccn4)NC(=S)N3c3ccc(N4CCC(C)CC4)c(Cl)c3)c2C)cc1. The van der Waals surface area contributed by atoms with Crippen LogP contribution in [0.4, 0.5) is 11.4 Å². The second kappa shape index (κ2) is 11.5. The van der Waals surface area contributed by atoms with Gasteiger partial charge in [0.25, 0.3) is 0 Å². The summed E-state index contributed by atoms with van der Waals surface area (Å²) in [6.07, 6.45) is 5.27. The second-order valence-electron chi connectivity index (χ2n) is 11.5. The number of hydrogen-bond donors (Lipinski definition) is 1. The topological polar surface area (TPSA) is 36.3 Å². The van der Waals surface area contributed by atoms with Gasteiger partial charge in [-0.1, -0.05) is 43.6 Å². The van der Waals surface area contributed by atoms with Crippen LogP contribution < -0.4 is 15.1 Å². The summed E-state index contributed by atoms with van der Waals surface area (Å²) in [5.74, 6) is 0.769. The van der Waals surface area contributed by atoms with Crippen molar-refractivity contribution in [2.45, 2.75) is 59.0 Å². The van der Waals surface area contributed by atoms with Crippen molar-refractivity contribution in [1.82, 2.24) is 14.9 Å². The zero-order valence-corrected chi connectivity index (χ0v) is 25.8. The number of hydrogen-bond acceptors (Lipinski definition) is 3. The first kappa shape index (κ1) is 27.8. The fourth-order valence-corrected chi connectivity index (χ4v) is 7.11. The van der Waals surface area contributed by atoms with Crippen molar-refractivity contribution in [3.8, 4) is 5.69 Å². The number of rotatable bonds is 6. The number of aryl methyl sites for hydroxylation is 2. The Morgan fingerprint density at radius 1 is 0.976 bits per heavy atom. The lowest BCUT2D eigenvalue weighted by Crippen LogP contribution is -2.33. The summed E-state index contributed by atoms with van der Waals surface area (Å²) in [6, 6.07) is 23.5. The minimum absolute atomic E-state index is 0.0926. The largest absolute Gasteiger partial charge is 0.370 e. The highest BCUT2D eigenvalue weighted by Gasteiger charge is 2.42. The third kappa shape index (κ3) is 5.24. The summed E-state index contributed by atoms with van der Waals surface area (Å²) in [5.41, 5.74) is 9.16. The van der Waals surface area contributed by atoms with Gasteiger partial charge in [-0.25, -0.2) is 0 Å². The standard InChI is InChI=1S/C34H38ClN5S/c1-5-25-9-11-26(12-10-25)39-23(3)20-28(24(39)4)33-32(30-8-6-7-17-36-30)37-34(41)40(33)27-13-14-31(29(35)21-27)38-18-15-22(2)16-19-38/h6-14,17,20-22,32-33H,5,15-16,18-19H2,1-4H3,(H,37,41). The third-order valence-corrected chi connectivity index (χ3v) is 9.44. The van der Waals surface area contributed by atoms with E-state index in [4.69, 9.17) is 28.8 Å². The van der Waals surface area contributed by atoms with E-state index in [9.17, 15) is 0 Å². The summed E-state index contributed by atoms with van der Waals surface area (Å²) in [5, 5.41) is 5.06. The molecule has 2 saturated heterocycles. The molecule has 0 saturated carbocycles. The molecule has 2 aromatic carbocycles. The summed E-state index contributed by atoms with van der Waals surface area (Å²) in [7, 11) is 0. The zero-order chi connectivity index (χ0) is 28.7. The summed E-state index contributed by atoms with van der Waals surface area (Å²) < 4.78 is 2.34. The summed E-state index contributed by atoms with van der Waals surface area (Å²) in [6.45, 7) is 11.0. The number of pyridine rings is 1. The van der Waals surface area contributed by atoms with Gasteiger partial charge in [-0.05, 0) is 111 Å². The molecule has 0 spiro atoms. The average molecular weight is 584 g/mol. The maximum atomic E-state index is 6.99. The van der Waals surface area contributed by atoms with Gasteiger partial charge in [0.05, 0.1) is 28.5 Å². The lowest BCUT2D eigenvalue weighted by Gasteiger charge is -2.33. The molecule has 2 aliphatic rings. The van der Waals surface area contributed by atoms with E-state index in [1.54, 1.807) is 0 Å². The van der Waals surface area contributed by atoms with E-state index < -0.39 is 0 Å². The first-order valence-corrected chi connectivity index (χ1v) is 15.5. The monoisotopic (exact) mass is 583 g/mol. The van der Waals surface area contributed by atoms with Crippen LogP contribution in [0.1, 0.15) is 67.0 Å². The molecule has 4 heterocycles. The predicted molar refractivity (Wildman–Crippen MR) is 175 cm³/mol. The Hall–Kier alpha value is -3.35. The molecule has 2 aliphatic heterocycles. The number of piperidine rings is 1. The molecule has 2 fully saturated rings. The van der Waals surface area contributed by atoms with Crippen LogP contribution >= 0.6 is 23.8 Å². The Morgan fingerprint density at radius 3 is 2.37 bits per heavy atom. The normalized spacial score (nSPS) is 19.6. The number of anilines is 2. The first-order chi connectivity index (χ1) is 19.9. The van der Waals surface area contributed by atoms with Crippen molar-refractivity contribution in [3.05, 3.63) is 106 Å². The molecule has 7 heteroatoms. The Labute approximate surface area is 254 Å². The van der Waals surface area contributed by atoms with Crippen LogP contribution in [0.3, 0.4) is 0 Å². The van der Waals surface area contributed by atoms with Crippen molar-refractivity contribution in [1.29, 1.82) is 0 Å². The number of thiocarbonyl (C=S) groups is 1. The van der Waals surface area contributed by atoms with Crippen molar-refractivity contribution < 1.29 is 0 Å². The highest BCUT2D eigenvalue weighted by Crippen LogP contribution is 2.45. The minimum atomic E-state index is -0.109. The highest BCUT2D eigenvalue weighted by atomic mass is 35.5. The van der Waals surface area contributed by atoms with Crippen LogP contribution in [0.25, 0.3) is 5.69 Å². The van der Waals surface area contributed by atoms with E-state index >= 15 is 0 Å². The van der Waals surface area contributed by atoms with Gasteiger partial charge >= 0.3 is 0 Å². The molecule has 1 N–H and O–H groups in total. The van der Waals surface area contributed by atoms with E-state index in [1.807, 2.05) is 18.3 Å². The first-order valence-electron chi connectivity index (χ1n) is 14.7. The Balaban J connectivity index is 1.42. The van der Waals surface area contributed by atoms with Gasteiger partial charge in [0.1, 0.15) is 0 Å². The quantitative estimate of drug-likeness (QED) is 0.232. The molecule has 0 bridgehead atoms. The molecule has 6 rings (SSSR count). The van der Waals surface area contributed by atoms with Crippen LogP contribution in [-0.2, 0) is 6.42 Å². The van der Waals surface area contributed by atoms with Crippen molar-refractivity contribution in [2.24, 2.45) is 5.92 Å². The number of aromatic nitrogens is 2. The van der Waals surface area contributed by atoms with Crippen LogP contribution in [0.2, 0.25) is 5.02 Å². The van der Waals surface area contributed by atoms with Crippen molar-refractivity contribution in [3.63, 3.8) is 0 Å². The fraction of sp³-hybridized carbons (Fsp3) is 0.353. The number of benzene rings is 2. The Bertz CT molecular complexity index is 1540. The van der Waals surface area contributed by atoms with Crippen molar-refractivity contribution in [2.75, 3.05) is 22.9 Å². The molecular weight excluding hydrogens is 546 g/mol. The molecule has 0 aliphatic carbocycles. The molecule has 2 atom stereocenters. The molecular formula is C34H38ClN5S. The van der Waals surface area contributed by atoms with Gasteiger partial charge in [-0.2, -0.15) is 0 Å². The van der Waals surface area contributed by atoms with E-state index in [1.165, 1.54) is 41.0 Å². The van der Waals surface area contributed by atoms with Gasteiger partial charge in [-0.15, -0.1) is 0 Å². The average Bonchev–Trinajstić information content (AvgIpc) is 3.48. The van der Waals surface area contributed by atoms with E-state index in [-0.39, 0.29) is 12.1 Å². The van der Waals surface area contributed by atoms with Crippen LogP contribution in [-0.4, -0.2) is 27.8 Å². The Kier molecular flexibility index (Phi) is 7.80. The number of nitrogens with zero attached hydrogens (tertiary/aromatic N) is 4. The van der Waals surface area contributed by atoms with Crippen LogP contribution in [0, 0.1) is 19.8 Å². The van der Waals surface area contributed by atoms with Gasteiger partial charge in [0, 0.05) is 42.0 Å². The lowest BCUT2D eigenvalue weighted by atomic mass is 9.96. The molecule has 0 amide bonds. The molecule has 4 aromatic rings. The van der Waals surface area contributed by atoms with Crippen molar-refractivity contribution >= 4 is 40.3 Å². The zero-order valence-electron chi connectivity index (χ0n) is 24.3. The molecule has 2 unspecified atom stereocenters. The summed E-state index contributed by atoms with van der Waals surface area (Å²) >= 11 is 13.0. The smallest absolute Gasteiger partial charge is 0.174 e. The van der Waals surface area contributed by atoms with Gasteiger partial charge < -0.3 is 19.7 Å². The molecule has 212 valence electrons. The second-order valence-corrected chi connectivity index (χ2v) is 12.3. The molecule has 2 aromatic heterocycles. The van der Waals surface area contributed by atoms with E-state index in [0.717, 1.165) is 47.5 Å².